The van der Waals surface area contributed by atoms with Crippen molar-refractivity contribution in [3.05, 3.63) is 0 Å². The van der Waals surface area contributed by atoms with Gasteiger partial charge in [0, 0.05) is 6.42 Å². The van der Waals surface area contributed by atoms with E-state index in [2.05, 4.69) is 16.0 Å². The molecule has 0 radical (unpaired) electrons. The van der Waals surface area contributed by atoms with Gasteiger partial charge in [-0.15, -0.1) is 0 Å². The number of aliphatic carboxylic acids is 1. The fourth-order valence-electron chi connectivity index (χ4n) is 2.51. The van der Waals surface area contributed by atoms with E-state index in [-0.39, 0.29) is 25.2 Å². The van der Waals surface area contributed by atoms with E-state index in [0.717, 1.165) is 0 Å². The number of amides is 5. The van der Waals surface area contributed by atoms with Crippen LogP contribution in [0.5, 0.6) is 0 Å². The number of hydrogen-bond acceptors (Lipinski definition) is 7. The molecule has 0 aliphatic heterocycles. The quantitative estimate of drug-likeness (QED) is 0.146. The van der Waals surface area contributed by atoms with Gasteiger partial charge in [-0.2, -0.15) is 0 Å². The van der Waals surface area contributed by atoms with Gasteiger partial charge in [-0.3, -0.25) is 24.0 Å². The van der Waals surface area contributed by atoms with Crippen molar-refractivity contribution in [3.8, 4) is 0 Å². The minimum Gasteiger partial charge on any atom is -0.480 e. The van der Waals surface area contributed by atoms with Crippen LogP contribution in [0.1, 0.15) is 46.5 Å². The molecule has 4 unspecified atom stereocenters. The number of carboxylic acid groups (broad SMARTS) is 1. The predicted octanol–water partition coefficient (Wildman–Crippen LogP) is -2.94. The van der Waals surface area contributed by atoms with Crippen molar-refractivity contribution in [2.75, 3.05) is 0 Å². The lowest BCUT2D eigenvalue weighted by Gasteiger charge is -2.25. The first-order chi connectivity index (χ1) is 14.2. The third kappa shape index (κ3) is 11.5. The molecule has 0 saturated carbocycles. The van der Waals surface area contributed by atoms with Crippen LogP contribution in [0.25, 0.3) is 0 Å². The monoisotopic (exact) mass is 444 g/mol. The van der Waals surface area contributed by atoms with Crippen LogP contribution in [0.3, 0.4) is 0 Å². The fourth-order valence-corrected chi connectivity index (χ4v) is 2.51. The molecule has 0 rings (SSSR count). The van der Waals surface area contributed by atoms with Crippen LogP contribution in [0.4, 0.5) is 0 Å². The molecule has 5 amide bonds. The predicted molar refractivity (Wildman–Crippen MR) is 109 cm³/mol. The van der Waals surface area contributed by atoms with E-state index >= 15 is 0 Å². The Bertz CT molecular complexity index is 695. The smallest absolute Gasteiger partial charge is 0.326 e. The largest absolute Gasteiger partial charge is 0.480 e. The number of nitrogens with one attached hydrogen (secondary N) is 3. The zero-order valence-electron chi connectivity index (χ0n) is 17.8. The van der Waals surface area contributed by atoms with Crippen LogP contribution < -0.4 is 33.2 Å². The van der Waals surface area contributed by atoms with Crippen LogP contribution in [0.15, 0.2) is 0 Å². The second-order valence-corrected chi connectivity index (χ2v) is 7.62. The highest BCUT2D eigenvalue weighted by Gasteiger charge is 2.31. The maximum Gasteiger partial charge on any atom is 0.326 e. The summed E-state index contributed by atoms with van der Waals surface area (Å²) in [5.74, 6) is -5.44. The van der Waals surface area contributed by atoms with Crippen molar-refractivity contribution >= 4 is 35.5 Å². The summed E-state index contributed by atoms with van der Waals surface area (Å²) in [6.45, 7) is 4.92. The Morgan fingerprint density at radius 1 is 0.774 bits per heavy atom. The van der Waals surface area contributed by atoms with E-state index in [4.69, 9.17) is 17.2 Å². The Morgan fingerprint density at radius 2 is 1.26 bits per heavy atom. The first-order valence-electron chi connectivity index (χ1n) is 9.70. The molecule has 13 nitrogen and oxygen atoms in total. The molecule has 31 heavy (non-hydrogen) atoms. The van der Waals surface area contributed by atoms with Gasteiger partial charge in [0.2, 0.25) is 29.5 Å². The van der Waals surface area contributed by atoms with Crippen molar-refractivity contribution in [2.45, 2.75) is 70.6 Å². The second-order valence-electron chi connectivity index (χ2n) is 7.62. The molecule has 0 fully saturated rings. The maximum absolute atomic E-state index is 12.6. The Labute approximate surface area is 179 Å². The Balaban J connectivity index is 5.45. The Morgan fingerprint density at radius 3 is 1.68 bits per heavy atom. The second kappa shape index (κ2) is 13.2. The van der Waals surface area contributed by atoms with E-state index < -0.39 is 66.1 Å². The van der Waals surface area contributed by atoms with Crippen molar-refractivity contribution in [1.29, 1.82) is 0 Å². The van der Waals surface area contributed by atoms with Crippen LogP contribution in [-0.2, 0) is 28.8 Å². The molecule has 0 bridgehead atoms. The van der Waals surface area contributed by atoms with E-state index in [1.165, 1.54) is 6.92 Å². The molecule has 0 spiro atoms. The molecule has 0 saturated heterocycles. The normalized spacial score (nSPS) is 14.6. The lowest BCUT2D eigenvalue weighted by Crippen LogP contribution is -2.57. The number of carbonyl (C=O) groups excluding carboxylic acids is 5. The van der Waals surface area contributed by atoms with Crippen LogP contribution in [0, 0.1) is 5.92 Å². The average molecular weight is 444 g/mol. The standard InChI is InChI=1S/C18H32N6O7/c1-8(2)6-11(16(28)22-10(18(30)31)4-5-13(20)25)24-17(29)12(7-14(21)26)23-15(27)9(3)19/h8-12H,4-7,19H2,1-3H3,(H2,20,25)(H2,21,26)(H,22,28)(H,23,27)(H,24,29)(H,30,31). The fraction of sp³-hybridized carbons (Fsp3) is 0.667. The molecular formula is C18H32N6O7. The molecule has 176 valence electrons. The SMILES string of the molecule is CC(C)CC(NC(=O)C(CC(N)=O)NC(=O)C(C)N)C(=O)NC(CCC(N)=O)C(=O)O. The highest BCUT2D eigenvalue weighted by atomic mass is 16.4. The number of hydrogen-bond donors (Lipinski definition) is 7. The minimum atomic E-state index is -1.40. The van der Waals surface area contributed by atoms with Gasteiger partial charge in [0.05, 0.1) is 12.5 Å². The summed E-state index contributed by atoms with van der Waals surface area (Å²) in [5, 5.41) is 16.2. The van der Waals surface area contributed by atoms with Crippen molar-refractivity contribution in [3.63, 3.8) is 0 Å². The molecule has 0 aromatic carbocycles. The molecular weight excluding hydrogens is 412 g/mol. The van der Waals surface area contributed by atoms with E-state index in [1.807, 2.05) is 0 Å². The lowest BCUT2D eigenvalue weighted by atomic mass is 10.0. The van der Waals surface area contributed by atoms with Crippen LogP contribution in [0.2, 0.25) is 0 Å². The van der Waals surface area contributed by atoms with Crippen molar-refractivity contribution in [2.24, 2.45) is 23.1 Å². The summed E-state index contributed by atoms with van der Waals surface area (Å²) in [5.41, 5.74) is 15.6. The molecule has 13 heteroatoms. The highest BCUT2D eigenvalue weighted by molar-refractivity contribution is 5.96. The summed E-state index contributed by atoms with van der Waals surface area (Å²) in [4.78, 5) is 70.7. The molecule has 4 atom stereocenters. The molecule has 0 aliphatic carbocycles. The van der Waals surface area contributed by atoms with Gasteiger partial charge in [-0.25, -0.2) is 4.79 Å². The topological polar surface area (TPSA) is 237 Å². The number of carboxylic acids is 1. The van der Waals surface area contributed by atoms with Crippen LogP contribution in [-0.4, -0.2) is 64.8 Å². The summed E-state index contributed by atoms with van der Waals surface area (Å²) in [6, 6.07) is -4.90. The molecule has 0 heterocycles. The van der Waals surface area contributed by atoms with E-state index in [0.29, 0.717) is 0 Å². The number of primary amides is 2. The van der Waals surface area contributed by atoms with Gasteiger partial charge >= 0.3 is 5.97 Å². The average Bonchev–Trinajstić information content (AvgIpc) is 2.62. The zero-order chi connectivity index (χ0) is 24.3. The molecule has 0 aromatic rings. The summed E-state index contributed by atoms with van der Waals surface area (Å²) < 4.78 is 0. The van der Waals surface area contributed by atoms with Gasteiger partial charge in [-0.1, -0.05) is 13.8 Å². The van der Waals surface area contributed by atoms with E-state index in [9.17, 15) is 33.9 Å². The zero-order valence-corrected chi connectivity index (χ0v) is 17.8. The van der Waals surface area contributed by atoms with Crippen molar-refractivity contribution < 1.29 is 33.9 Å². The minimum absolute atomic E-state index is 0.0850. The number of carbonyl (C=O) groups is 6. The Kier molecular flexibility index (Phi) is 11.8. The summed E-state index contributed by atoms with van der Waals surface area (Å²) in [7, 11) is 0. The number of rotatable bonds is 14. The molecule has 0 aliphatic rings. The van der Waals surface area contributed by atoms with Gasteiger partial charge in [0.25, 0.3) is 0 Å². The van der Waals surface area contributed by atoms with Crippen molar-refractivity contribution in [1.82, 2.24) is 16.0 Å². The molecule has 10 N–H and O–H groups in total. The van der Waals surface area contributed by atoms with Gasteiger partial charge in [0.15, 0.2) is 0 Å². The number of nitrogens with two attached hydrogens (primary N) is 3. The van der Waals surface area contributed by atoms with Gasteiger partial charge < -0.3 is 38.3 Å². The van der Waals surface area contributed by atoms with Gasteiger partial charge in [-0.05, 0) is 25.7 Å². The first-order valence-corrected chi connectivity index (χ1v) is 9.70. The Hall–Kier alpha value is -3.22. The lowest BCUT2D eigenvalue weighted by molar-refractivity contribution is -0.142. The maximum atomic E-state index is 12.6. The third-order valence-corrected chi connectivity index (χ3v) is 4.09. The van der Waals surface area contributed by atoms with E-state index in [1.54, 1.807) is 13.8 Å². The summed E-state index contributed by atoms with van der Waals surface area (Å²) >= 11 is 0. The van der Waals surface area contributed by atoms with Crippen LogP contribution >= 0.6 is 0 Å². The molecule has 0 aromatic heterocycles. The van der Waals surface area contributed by atoms with Gasteiger partial charge in [0.1, 0.15) is 18.1 Å². The summed E-state index contributed by atoms with van der Waals surface area (Å²) in [6.07, 6.45) is -0.892. The first kappa shape index (κ1) is 27.8. The third-order valence-electron chi connectivity index (χ3n) is 4.09. The highest BCUT2D eigenvalue weighted by Crippen LogP contribution is 2.08.